The summed E-state index contributed by atoms with van der Waals surface area (Å²) < 4.78 is 17.0. The standard InChI is InChI=1S/C25H35N3O3.HI/c1-5-26-25(27-14-21-10-19(3)11-23(13-21)29-4)28-15-22-7-6-18(2)12-24(22)31-17-20-8-9-30-16-20;/h6-7,10-13,20H,5,8-9,14-17H2,1-4H3,(H2,26,27,28);1H. The van der Waals surface area contributed by atoms with Gasteiger partial charge in [-0.15, -0.1) is 24.0 Å². The van der Waals surface area contributed by atoms with Crippen molar-refractivity contribution in [3.8, 4) is 11.5 Å². The van der Waals surface area contributed by atoms with Crippen LogP contribution in [0.2, 0.25) is 0 Å². The Bertz CT molecular complexity index is 883. The highest BCUT2D eigenvalue weighted by molar-refractivity contribution is 14.0. The molecular formula is C25H36IN3O3. The molecule has 1 unspecified atom stereocenters. The van der Waals surface area contributed by atoms with E-state index in [4.69, 9.17) is 19.2 Å². The van der Waals surface area contributed by atoms with Crippen LogP contribution in [-0.4, -0.2) is 39.4 Å². The first-order chi connectivity index (χ1) is 15.1. The monoisotopic (exact) mass is 553 g/mol. The molecule has 1 saturated heterocycles. The summed E-state index contributed by atoms with van der Waals surface area (Å²) in [5, 5.41) is 6.77. The molecule has 0 bridgehead atoms. The average Bonchev–Trinajstić information content (AvgIpc) is 3.28. The first kappa shape index (κ1) is 26.3. The summed E-state index contributed by atoms with van der Waals surface area (Å²) in [6.45, 7) is 10.6. The van der Waals surface area contributed by atoms with Gasteiger partial charge in [0.05, 0.1) is 26.9 Å². The van der Waals surface area contributed by atoms with Gasteiger partial charge < -0.3 is 24.8 Å². The molecule has 1 aliphatic rings. The van der Waals surface area contributed by atoms with Crippen LogP contribution >= 0.6 is 24.0 Å². The second-order valence-electron chi connectivity index (χ2n) is 8.06. The minimum atomic E-state index is 0. The summed E-state index contributed by atoms with van der Waals surface area (Å²) in [6.07, 6.45) is 1.07. The highest BCUT2D eigenvalue weighted by Crippen LogP contribution is 2.23. The van der Waals surface area contributed by atoms with Crippen LogP contribution in [0.5, 0.6) is 11.5 Å². The van der Waals surface area contributed by atoms with E-state index in [0.29, 0.717) is 25.6 Å². The third kappa shape index (κ3) is 8.16. The summed E-state index contributed by atoms with van der Waals surface area (Å²) in [5.41, 5.74) is 4.59. The fourth-order valence-electron chi connectivity index (χ4n) is 3.59. The number of guanidine groups is 1. The minimum absolute atomic E-state index is 0. The summed E-state index contributed by atoms with van der Waals surface area (Å²) in [4.78, 5) is 4.75. The van der Waals surface area contributed by atoms with Gasteiger partial charge in [0, 0.05) is 31.2 Å². The molecule has 2 aromatic carbocycles. The van der Waals surface area contributed by atoms with E-state index in [1.807, 2.05) is 12.1 Å². The highest BCUT2D eigenvalue weighted by Gasteiger charge is 2.17. The van der Waals surface area contributed by atoms with Gasteiger partial charge in [-0.25, -0.2) is 4.99 Å². The summed E-state index contributed by atoms with van der Waals surface area (Å²) in [5.74, 6) is 3.04. The molecule has 3 rings (SSSR count). The molecule has 0 aromatic heterocycles. The van der Waals surface area contributed by atoms with Crippen molar-refractivity contribution in [2.45, 2.75) is 40.3 Å². The summed E-state index contributed by atoms with van der Waals surface area (Å²) >= 11 is 0. The smallest absolute Gasteiger partial charge is 0.191 e. The Kier molecular flexibility index (Phi) is 11.1. The first-order valence-electron chi connectivity index (χ1n) is 11.0. The largest absolute Gasteiger partial charge is 0.497 e. The van der Waals surface area contributed by atoms with Crippen molar-refractivity contribution in [3.63, 3.8) is 0 Å². The van der Waals surface area contributed by atoms with Crippen molar-refractivity contribution in [1.29, 1.82) is 0 Å². The van der Waals surface area contributed by atoms with E-state index in [9.17, 15) is 0 Å². The fourth-order valence-corrected chi connectivity index (χ4v) is 3.59. The Hall–Kier alpha value is -2.00. The lowest BCUT2D eigenvalue weighted by atomic mass is 10.1. The zero-order chi connectivity index (χ0) is 22.1. The molecule has 0 saturated carbocycles. The van der Waals surface area contributed by atoms with Gasteiger partial charge in [-0.3, -0.25) is 0 Å². The van der Waals surface area contributed by atoms with E-state index in [1.165, 1.54) is 5.56 Å². The molecular weight excluding hydrogens is 517 g/mol. The molecule has 0 amide bonds. The molecule has 32 heavy (non-hydrogen) atoms. The summed E-state index contributed by atoms with van der Waals surface area (Å²) in [7, 11) is 1.69. The quantitative estimate of drug-likeness (QED) is 0.270. The van der Waals surface area contributed by atoms with Crippen LogP contribution in [0.3, 0.4) is 0 Å². The first-order valence-corrected chi connectivity index (χ1v) is 11.0. The lowest BCUT2D eigenvalue weighted by Crippen LogP contribution is -2.36. The molecule has 2 aromatic rings. The zero-order valence-electron chi connectivity index (χ0n) is 19.6. The van der Waals surface area contributed by atoms with Crippen LogP contribution in [0.15, 0.2) is 41.4 Å². The number of hydrogen-bond donors (Lipinski definition) is 2. The van der Waals surface area contributed by atoms with Crippen LogP contribution in [0, 0.1) is 19.8 Å². The average molecular weight is 553 g/mol. The lowest BCUT2D eigenvalue weighted by molar-refractivity contribution is 0.166. The van der Waals surface area contributed by atoms with E-state index in [-0.39, 0.29) is 24.0 Å². The van der Waals surface area contributed by atoms with Gasteiger partial charge in [0.2, 0.25) is 0 Å². The van der Waals surface area contributed by atoms with E-state index in [0.717, 1.165) is 60.3 Å². The molecule has 1 fully saturated rings. The van der Waals surface area contributed by atoms with E-state index in [2.05, 4.69) is 55.7 Å². The molecule has 0 radical (unpaired) electrons. The molecule has 0 spiro atoms. The fraction of sp³-hybridized carbons (Fsp3) is 0.480. The van der Waals surface area contributed by atoms with E-state index in [1.54, 1.807) is 7.11 Å². The Morgan fingerprint density at radius 2 is 1.97 bits per heavy atom. The third-order valence-electron chi connectivity index (χ3n) is 5.28. The maximum atomic E-state index is 6.17. The Morgan fingerprint density at radius 3 is 2.69 bits per heavy atom. The summed E-state index contributed by atoms with van der Waals surface area (Å²) in [6, 6.07) is 12.5. The number of aliphatic imine (C=N–C) groups is 1. The highest BCUT2D eigenvalue weighted by atomic mass is 127. The molecule has 176 valence electrons. The Morgan fingerprint density at radius 1 is 1.12 bits per heavy atom. The zero-order valence-corrected chi connectivity index (χ0v) is 21.9. The normalized spacial score (nSPS) is 15.8. The van der Waals surface area contributed by atoms with E-state index >= 15 is 0 Å². The maximum Gasteiger partial charge on any atom is 0.191 e. The second-order valence-corrected chi connectivity index (χ2v) is 8.06. The van der Waals surface area contributed by atoms with Crippen LogP contribution in [-0.2, 0) is 17.8 Å². The van der Waals surface area contributed by atoms with Gasteiger partial charge in [-0.05, 0) is 62.1 Å². The minimum Gasteiger partial charge on any atom is -0.497 e. The van der Waals surface area contributed by atoms with Crippen molar-refractivity contribution in [2.75, 3.05) is 33.5 Å². The third-order valence-corrected chi connectivity index (χ3v) is 5.28. The van der Waals surface area contributed by atoms with Gasteiger partial charge in [-0.2, -0.15) is 0 Å². The number of ether oxygens (including phenoxy) is 3. The number of aryl methyl sites for hydroxylation is 2. The molecule has 1 heterocycles. The van der Waals surface area contributed by atoms with Crippen molar-refractivity contribution >= 4 is 29.9 Å². The van der Waals surface area contributed by atoms with Crippen LogP contribution in [0.25, 0.3) is 0 Å². The van der Waals surface area contributed by atoms with Crippen molar-refractivity contribution in [2.24, 2.45) is 10.9 Å². The number of nitrogens with one attached hydrogen (secondary N) is 2. The molecule has 0 aliphatic carbocycles. The molecule has 1 atom stereocenters. The predicted octanol–water partition coefficient (Wildman–Crippen LogP) is 4.60. The van der Waals surface area contributed by atoms with Crippen molar-refractivity contribution in [1.82, 2.24) is 10.6 Å². The van der Waals surface area contributed by atoms with Crippen LogP contribution in [0.4, 0.5) is 0 Å². The number of methoxy groups -OCH3 is 1. The van der Waals surface area contributed by atoms with Gasteiger partial charge in [0.25, 0.3) is 0 Å². The molecule has 7 heteroatoms. The van der Waals surface area contributed by atoms with Crippen molar-refractivity contribution in [3.05, 3.63) is 58.7 Å². The van der Waals surface area contributed by atoms with Crippen LogP contribution < -0.4 is 20.1 Å². The topological polar surface area (TPSA) is 64.1 Å². The number of benzene rings is 2. The van der Waals surface area contributed by atoms with Crippen LogP contribution in [0.1, 0.15) is 35.6 Å². The Balaban J connectivity index is 0.00000363. The molecule has 1 aliphatic heterocycles. The van der Waals surface area contributed by atoms with Gasteiger partial charge in [-0.1, -0.05) is 18.2 Å². The van der Waals surface area contributed by atoms with Gasteiger partial charge in [0.1, 0.15) is 11.5 Å². The molecule has 2 N–H and O–H groups in total. The SMILES string of the molecule is CCNC(=NCc1cc(C)cc(OC)c1)NCc1ccc(C)cc1OCC1CCOC1.I. The van der Waals surface area contributed by atoms with Crippen molar-refractivity contribution < 1.29 is 14.2 Å². The Labute approximate surface area is 209 Å². The maximum absolute atomic E-state index is 6.17. The second kappa shape index (κ2) is 13.5. The predicted molar refractivity (Wildman–Crippen MR) is 140 cm³/mol. The number of halogens is 1. The van der Waals surface area contributed by atoms with Gasteiger partial charge in [0.15, 0.2) is 5.96 Å². The number of hydrogen-bond acceptors (Lipinski definition) is 4. The molecule has 6 nitrogen and oxygen atoms in total. The number of rotatable bonds is 9. The van der Waals surface area contributed by atoms with E-state index < -0.39 is 0 Å². The van der Waals surface area contributed by atoms with Gasteiger partial charge >= 0.3 is 0 Å². The number of nitrogens with zero attached hydrogens (tertiary/aromatic N) is 1. The lowest BCUT2D eigenvalue weighted by Gasteiger charge is -2.17.